The van der Waals surface area contributed by atoms with Gasteiger partial charge in [0.1, 0.15) is 5.69 Å². The van der Waals surface area contributed by atoms with E-state index >= 15 is 0 Å². The highest BCUT2D eigenvalue weighted by atomic mass is 35.5. The van der Waals surface area contributed by atoms with Gasteiger partial charge in [0.25, 0.3) is 0 Å². The smallest absolute Gasteiger partial charge is 0.169 e. The van der Waals surface area contributed by atoms with Crippen molar-refractivity contribution in [2.75, 3.05) is 13.1 Å². The number of nitrogens with one attached hydrogen (secondary N) is 1. The van der Waals surface area contributed by atoms with Crippen molar-refractivity contribution in [2.24, 2.45) is 0 Å². The van der Waals surface area contributed by atoms with E-state index in [2.05, 4.69) is 10.3 Å². The number of carbonyl (C=O) groups excluding carboxylic acids is 1. The average molecular weight is 233 g/mol. The first-order valence-electron chi connectivity index (χ1n) is 4.51. The lowest BCUT2D eigenvalue weighted by molar-refractivity contribution is 0.111. The topological polar surface area (TPSA) is 42.0 Å². The summed E-state index contributed by atoms with van der Waals surface area (Å²) in [6, 6.07) is 0. The second kappa shape index (κ2) is 5.44. The van der Waals surface area contributed by atoms with Crippen LogP contribution < -0.4 is 5.32 Å². The van der Waals surface area contributed by atoms with Crippen LogP contribution in [0.2, 0.25) is 0 Å². The number of aldehydes is 1. The number of aromatic nitrogens is 1. The van der Waals surface area contributed by atoms with Gasteiger partial charge < -0.3 is 5.32 Å². The van der Waals surface area contributed by atoms with Crippen molar-refractivity contribution in [3.05, 3.63) is 16.1 Å². The maximum atomic E-state index is 10.4. The van der Waals surface area contributed by atoms with Crippen LogP contribution in [0.25, 0.3) is 0 Å². The van der Waals surface area contributed by atoms with Crippen molar-refractivity contribution in [3.8, 4) is 0 Å². The summed E-state index contributed by atoms with van der Waals surface area (Å²) in [5, 5.41) is 6.28. The van der Waals surface area contributed by atoms with Gasteiger partial charge in [-0.15, -0.1) is 23.7 Å². The molecule has 5 heteroatoms. The predicted octanol–water partition coefficient (Wildman–Crippen LogP) is 1.84. The minimum Gasteiger partial charge on any atom is -0.317 e. The van der Waals surface area contributed by atoms with Crippen molar-refractivity contribution >= 4 is 30.0 Å². The number of hydrogen-bond acceptors (Lipinski definition) is 4. The monoisotopic (exact) mass is 232 g/mol. The second-order valence-corrected chi connectivity index (χ2v) is 4.14. The van der Waals surface area contributed by atoms with E-state index in [-0.39, 0.29) is 12.4 Å². The summed E-state index contributed by atoms with van der Waals surface area (Å²) in [5.74, 6) is 0.569. The number of piperidine rings is 1. The van der Waals surface area contributed by atoms with Gasteiger partial charge in [-0.2, -0.15) is 0 Å². The molecule has 2 heterocycles. The second-order valence-electron chi connectivity index (χ2n) is 3.25. The molecule has 1 aromatic rings. The van der Waals surface area contributed by atoms with Crippen LogP contribution in [0.4, 0.5) is 0 Å². The largest absolute Gasteiger partial charge is 0.317 e. The molecule has 1 N–H and O–H groups in total. The van der Waals surface area contributed by atoms with E-state index in [4.69, 9.17) is 0 Å². The molecule has 0 unspecified atom stereocenters. The molecule has 0 aliphatic carbocycles. The van der Waals surface area contributed by atoms with Crippen LogP contribution in [0, 0.1) is 0 Å². The molecule has 1 aromatic heterocycles. The first-order chi connectivity index (χ1) is 6.40. The Morgan fingerprint density at radius 1 is 1.50 bits per heavy atom. The molecule has 0 radical (unpaired) electrons. The molecule has 1 aliphatic rings. The van der Waals surface area contributed by atoms with Gasteiger partial charge in [-0.1, -0.05) is 0 Å². The molecule has 14 heavy (non-hydrogen) atoms. The lowest BCUT2D eigenvalue weighted by atomic mass is 9.99. The molecular formula is C9H13ClN2OS. The summed E-state index contributed by atoms with van der Waals surface area (Å²) >= 11 is 1.61. The third-order valence-electron chi connectivity index (χ3n) is 2.35. The van der Waals surface area contributed by atoms with Crippen LogP contribution in [0.1, 0.15) is 34.3 Å². The van der Waals surface area contributed by atoms with E-state index in [1.54, 1.807) is 11.3 Å². The van der Waals surface area contributed by atoms with Crippen LogP contribution in [0.15, 0.2) is 5.38 Å². The number of hydrogen-bond donors (Lipinski definition) is 1. The minimum absolute atomic E-state index is 0. The van der Waals surface area contributed by atoms with Gasteiger partial charge in [0.15, 0.2) is 6.29 Å². The highest BCUT2D eigenvalue weighted by molar-refractivity contribution is 7.09. The lowest BCUT2D eigenvalue weighted by Crippen LogP contribution is -2.26. The van der Waals surface area contributed by atoms with Gasteiger partial charge in [-0.05, 0) is 25.9 Å². The molecule has 3 nitrogen and oxygen atoms in total. The molecule has 0 amide bonds. The molecule has 0 saturated carbocycles. The van der Waals surface area contributed by atoms with Crippen LogP contribution >= 0.6 is 23.7 Å². The number of nitrogens with zero attached hydrogens (tertiary/aromatic N) is 1. The van der Waals surface area contributed by atoms with Gasteiger partial charge in [-0.25, -0.2) is 4.98 Å². The average Bonchev–Trinajstić information content (AvgIpc) is 2.67. The molecule has 1 aliphatic heterocycles. The van der Waals surface area contributed by atoms with Crippen LogP contribution in [-0.4, -0.2) is 24.4 Å². The maximum absolute atomic E-state index is 10.4. The lowest BCUT2D eigenvalue weighted by Gasteiger charge is -2.20. The van der Waals surface area contributed by atoms with Crippen LogP contribution in [0.5, 0.6) is 0 Å². The molecule has 78 valence electrons. The van der Waals surface area contributed by atoms with Crippen molar-refractivity contribution in [3.63, 3.8) is 0 Å². The normalized spacial score (nSPS) is 17.4. The van der Waals surface area contributed by atoms with Gasteiger partial charge in [-0.3, -0.25) is 4.79 Å². The van der Waals surface area contributed by atoms with Gasteiger partial charge in [0, 0.05) is 11.3 Å². The maximum Gasteiger partial charge on any atom is 0.169 e. The fourth-order valence-electron chi connectivity index (χ4n) is 1.61. The summed E-state index contributed by atoms with van der Waals surface area (Å²) in [7, 11) is 0. The fraction of sp³-hybridized carbons (Fsp3) is 0.556. The van der Waals surface area contributed by atoms with Gasteiger partial charge >= 0.3 is 0 Å². The number of halogens is 1. The van der Waals surface area contributed by atoms with Crippen LogP contribution in [-0.2, 0) is 0 Å². The Kier molecular flexibility index (Phi) is 4.51. The molecule has 1 fully saturated rings. The highest BCUT2D eigenvalue weighted by Crippen LogP contribution is 2.27. The SMILES string of the molecule is Cl.O=Cc1csc(C2CCNCC2)n1. The molecule has 0 bridgehead atoms. The third kappa shape index (κ3) is 2.53. The quantitative estimate of drug-likeness (QED) is 0.792. The van der Waals surface area contributed by atoms with Crippen molar-refractivity contribution in [1.82, 2.24) is 10.3 Å². The highest BCUT2D eigenvalue weighted by Gasteiger charge is 2.17. The summed E-state index contributed by atoms with van der Waals surface area (Å²) in [5.41, 5.74) is 0.582. The molecule has 0 spiro atoms. The predicted molar refractivity (Wildman–Crippen MR) is 59.6 cm³/mol. The van der Waals surface area contributed by atoms with E-state index < -0.39 is 0 Å². The van der Waals surface area contributed by atoms with Crippen LogP contribution in [0.3, 0.4) is 0 Å². The zero-order chi connectivity index (χ0) is 9.10. The van der Waals surface area contributed by atoms with Gasteiger partial charge in [0.05, 0.1) is 5.01 Å². The summed E-state index contributed by atoms with van der Waals surface area (Å²) in [6.07, 6.45) is 3.11. The third-order valence-corrected chi connectivity index (χ3v) is 3.37. The Labute approximate surface area is 93.3 Å². The first-order valence-corrected chi connectivity index (χ1v) is 5.39. The summed E-state index contributed by atoms with van der Waals surface area (Å²) < 4.78 is 0. The zero-order valence-corrected chi connectivity index (χ0v) is 9.37. The fourth-order valence-corrected chi connectivity index (χ4v) is 2.55. The molecule has 2 rings (SSSR count). The van der Waals surface area contributed by atoms with Crippen molar-refractivity contribution in [2.45, 2.75) is 18.8 Å². The Balaban J connectivity index is 0.000000980. The van der Waals surface area contributed by atoms with E-state index in [9.17, 15) is 4.79 Å². The van der Waals surface area contributed by atoms with E-state index in [0.717, 1.165) is 37.2 Å². The van der Waals surface area contributed by atoms with Gasteiger partial charge in [0.2, 0.25) is 0 Å². The zero-order valence-electron chi connectivity index (χ0n) is 7.73. The number of carbonyl (C=O) groups is 1. The molecular weight excluding hydrogens is 220 g/mol. The molecule has 1 saturated heterocycles. The number of thiazole rings is 1. The summed E-state index contributed by atoms with van der Waals surface area (Å²) in [6.45, 7) is 2.14. The Morgan fingerprint density at radius 2 is 2.21 bits per heavy atom. The van der Waals surface area contributed by atoms with E-state index in [0.29, 0.717) is 11.6 Å². The van der Waals surface area contributed by atoms with Crippen molar-refractivity contribution < 1.29 is 4.79 Å². The standard InChI is InChI=1S/C9H12N2OS.ClH/c12-5-8-6-13-9(11-8)7-1-3-10-4-2-7;/h5-7,10H,1-4H2;1H. The van der Waals surface area contributed by atoms with E-state index in [1.807, 2.05) is 5.38 Å². The minimum atomic E-state index is 0. The summed E-state index contributed by atoms with van der Waals surface area (Å²) in [4.78, 5) is 14.7. The Morgan fingerprint density at radius 3 is 2.79 bits per heavy atom. The first kappa shape index (κ1) is 11.6. The molecule has 0 aromatic carbocycles. The Bertz CT molecular complexity index is 297. The molecule has 0 atom stereocenters. The Hall–Kier alpha value is -0.450. The van der Waals surface area contributed by atoms with E-state index in [1.165, 1.54) is 0 Å². The number of rotatable bonds is 2. The van der Waals surface area contributed by atoms with Crippen molar-refractivity contribution in [1.29, 1.82) is 0 Å².